The summed E-state index contributed by atoms with van der Waals surface area (Å²) in [4.78, 5) is 6.37. The van der Waals surface area contributed by atoms with Crippen LogP contribution in [0.5, 0.6) is 0 Å². The lowest BCUT2D eigenvalue weighted by Crippen LogP contribution is -2.13. The predicted octanol–water partition coefficient (Wildman–Crippen LogP) is 2.92. The Morgan fingerprint density at radius 1 is 1.33 bits per heavy atom. The third-order valence-electron chi connectivity index (χ3n) is 2.24. The van der Waals surface area contributed by atoms with Gasteiger partial charge in [-0.1, -0.05) is 12.1 Å². The van der Waals surface area contributed by atoms with Crippen molar-refractivity contribution in [2.24, 2.45) is 0 Å². The predicted molar refractivity (Wildman–Crippen MR) is 57.3 cm³/mol. The van der Waals surface area contributed by atoms with E-state index in [2.05, 4.69) is 9.97 Å². The Kier molecular flexibility index (Phi) is 2.71. The first-order valence-corrected chi connectivity index (χ1v) is 4.79. The maximum atomic E-state index is 12.3. The molecule has 0 unspecified atom stereocenters. The molecule has 2 N–H and O–H groups in total. The van der Waals surface area contributed by atoms with Gasteiger partial charge in [-0.3, -0.25) is 0 Å². The number of alkyl halides is 3. The van der Waals surface area contributed by atoms with E-state index >= 15 is 0 Å². The second kappa shape index (κ2) is 4.07. The van der Waals surface area contributed by atoms with Gasteiger partial charge in [0.25, 0.3) is 0 Å². The van der Waals surface area contributed by atoms with Gasteiger partial charge in [-0.05, 0) is 12.1 Å². The van der Waals surface area contributed by atoms with Crippen LogP contribution in [0.3, 0.4) is 0 Å². The summed E-state index contributed by atoms with van der Waals surface area (Å²) >= 11 is 0. The zero-order chi connectivity index (χ0) is 13.3. The third kappa shape index (κ3) is 2.00. The Morgan fingerprint density at radius 2 is 2.00 bits per heavy atom. The van der Waals surface area contributed by atoms with Gasteiger partial charge in [0, 0.05) is 0 Å². The highest BCUT2D eigenvalue weighted by Crippen LogP contribution is 2.29. The van der Waals surface area contributed by atoms with E-state index < -0.39 is 17.5 Å². The molecule has 2 rings (SSSR count). The number of aliphatic hydroxyl groups excluding tert-OH is 1. The number of nitriles is 1. The second-order valence-corrected chi connectivity index (χ2v) is 3.44. The fraction of sp³-hybridized carbons (Fsp3) is 0.0909. The van der Waals surface area contributed by atoms with Crippen molar-refractivity contribution < 1.29 is 18.3 Å². The minimum absolute atomic E-state index is 0.312. The number of allylic oxidation sites excluding steroid dienone is 2. The Morgan fingerprint density at radius 3 is 2.56 bits per heavy atom. The van der Waals surface area contributed by atoms with Crippen LogP contribution in [0.15, 0.2) is 30.0 Å². The number of para-hydroxylation sites is 2. The summed E-state index contributed by atoms with van der Waals surface area (Å²) in [6.07, 6.45) is -4.98. The molecule has 7 heteroatoms. The largest absolute Gasteiger partial charge is 0.503 e. The van der Waals surface area contributed by atoms with Crippen molar-refractivity contribution in [2.75, 3.05) is 0 Å². The number of H-pyrrole nitrogens is 1. The van der Waals surface area contributed by atoms with Crippen LogP contribution in [0.25, 0.3) is 16.6 Å². The Bertz CT molecular complexity index is 631. The van der Waals surface area contributed by atoms with Crippen LogP contribution in [0.2, 0.25) is 0 Å². The summed E-state index contributed by atoms with van der Waals surface area (Å²) in [5.41, 5.74) is -0.0378. The number of hydrogen-bond donors (Lipinski definition) is 2. The van der Waals surface area contributed by atoms with E-state index in [4.69, 9.17) is 10.4 Å². The van der Waals surface area contributed by atoms with Crippen molar-refractivity contribution in [2.45, 2.75) is 6.18 Å². The second-order valence-electron chi connectivity index (χ2n) is 3.44. The number of aromatic amines is 1. The number of aliphatic hydroxyl groups is 1. The molecule has 0 spiro atoms. The molecule has 4 nitrogen and oxygen atoms in total. The van der Waals surface area contributed by atoms with Gasteiger partial charge in [0.2, 0.25) is 5.76 Å². The van der Waals surface area contributed by atoms with Crippen molar-refractivity contribution in [1.82, 2.24) is 9.97 Å². The number of rotatable bonds is 1. The molecule has 2 aromatic rings. The molecule has 0 radical (unpaired) electrons. The van der Waals surface area contributed by atoms with Crippen LogP contribution in [-0.2, 0) is 0 Å². The Balaban J connectivity index is 2.62. The number of aromatic nitrogens is 2. The number of halogens is 3. The van der Waals surface area contributed by atoms with E-state index in [0.717, 1.165) is 0 Å². The highest BCUT2D eigenvalue weighted by molar-refractivity contribution is 5.82. The monoisotopic (exact) mass is 253 g/mol. The van der Waals surface area contributed by atoms with Crippen LogP contribution in [0, 0.1) is 11.3 Å². The molecule has 18 heavy (non-hydrogen) atoms. The number of nitrogens with zero attached hydrogens (tertiary/aromatic N) is 2. The molecule has 1 aromatic carbocycles. The highest BCUT2D eigenvalue weighted by Gasteiger charge is 2.38. The third-order valence-corrected chi connectivity index (χ3v) is 2.24. The highest BCUT2D eigenvalue weighted by atomic mass is 19.4. The van der Waals surface area contributed by atoms with Gasteiger partial charge in [0.15, 0.2) is 5.82 Å². The SMILES string of the molecule is N#C/C(=C(/O)C(F)(F)F)c1nc2ccccc2[nH]1. The molecule has 92 valence electrons. The Hall–Kier alpha value is -2.49. The molecule has 0 amide bonds. The van der Waals surface area contributed by atoms with Crippen LogP contribution >= 0.6 is 0 Å². The van der Waals surface area contributed by atoms with Gasteiger partial charge in [0.05, 0.1) is 11.0 Å². The molecule has 1 heterocycles. The summed E-state index contributed by atoms with van der Waals surface area (Å²) in [7, 11) is 0. The summed E-state index contributed by atoms with van der Waals surface area (Å²) < 4.78 is 37.0. The van der Waals surface area contributed by atoms with E-state index in [-0.39, 0.29) is 5.82 Å². The zero-order valence-corrected chi connectivity index (χ0v) is 8.78. The van der Waals surface area contributed by atoms with Crippen molar-refractivity contribution in [3.8, 4) is 6.07 Å². The van der Waals surface area contributed by atoms with Crippen LogP contribution in [0.1, 0.15) is 5.82 Å². The first kappa shape index (κ1) is 12.0. The smallest absolute Gasteiger partial charge is 0.450 e. The number of nitrogens with one attached hydrogen (secondary N) is 1. The van der Waals surface area contributed by atoms with E-state index in [1.807, 2.05) is 0 Å². The maximum Gasteiger partial charge on any atom is 0.450 e. The topological polar surface area (TPSA) is 72.7 Å². The van der Waals surface area contributed by atoms with Gasteiger partial charge in [-0.25, -0.2) is 4.98 Å². The summed E-state index contributed by atoms with van der Waals surface area (Å²) in [5, 5.41) is 17.7. The molecular formula is C11H6F3N3O. The minimum atomic E-state index is -4.98. The molecule has 0 saturated heterocycles. The quantitative estimate of drug-likeness (QED) is 0.606. The van der Waals surface area contributed by atoms with Crippen molar-refractivity contribution >= 4 is 16.6 Å². The number of benzene rings is 1. The van der Waals surface area contributed by atoms with E-state index in [9.17, 15) is 13.2 Å². The van der Waals surface area contributed by atoms with Gasteiger partial charge in [-0.15, -0.1) is 0 Å². The molecule has 0 aliphatic heterocycles. The fourth-order valence-electron chi connectivity index (χ4n) is 1.43. The van der Waals surface area contributed by atoms with E-state index in [0.29, 0.717) is 11.0 Å². The van der Waals surface area contributed by atoms with Crippen LogP contribution in [-0.4, -0.2) is 21.3 Å². The van der Waals surface area contributed by atoms with Crippen molar-refractivity contribution in [1.29, 1.82) is 5.26 Å². The van der Waals surface area contributed by atoms with E-state index in [1.165, 1.54) is 6.07 Å². The average Bonchev–Trinajstić information content (AvgIpc) is 2.71. The molecule has 0 atom stereocenters. The van der Waals surface area contributed by atoms with Crippen LogP contribution in [0.4, 0.5) is 13.2 Å². The number of hydrogen-bond acceptors (Lipinski definition) is 3. The van der Waals surface area contributed by atoms with Gasteiger partial charge >= 0.3 is 6.18 Å². The minimum Gasteiger partial charge on any atom is -0.503 e. The molecule has 0 bridgehead atoms. The molecule has 0 aliphatic rings. The molecule has 0 aliphatic carbocycles. The van der Waals surface area contributed by atoms with Crippen molar-refractivity contribution in [3.63, 3.8) is 0 Å². The first-order valence-electron chi connectivity index (χ1n) is 4.79. The standard InChI is InChI=1S/C11H6F3N3O/c12-11(13,14)9(18)6(5-15)10-16-7-3-1-2-4-8(7)17-10/h1-4,18H,(H,16,17)/b9-6-. The molecule has 0 fully saturated rings. The molecule has 0 saturated carbocycles. The molecule has 1 aromatic heterocycles. The fourth-order valence-corrected chi connectivity index (χ4v) is 1.43. The van der Waals surface area contributed by atoms with Crippen molar-refractivity contribution in [3.05, 3.63) is 35.8 Å². The summed E-state index contributed by atoms with van der Waals surface area (Å²) in [6.45, 7) is 0. The zero-order valence-electron chi connectivity index (χ0n) is 8.78. The van der Waals surface area contributed by atoms with Gasteiger partial charge in [0.1, 0.15) is 11.6 Å². The normalized spacial score (nSPS) is 13.2. The first-order chi connectivity index (χ1) is 8.43. The Labute approximate surface area is 99.0 Å². The number of fused-ring (bicyclic) bond motifs is 1. The maximum absolute atomic E-state index is 12.3. The lowest BCUT2D eigenvalue weighted by molar-refractivity contribution is -0.119. The lowest BCUT2D eigenvalue weighted by Gasteiger charge is -2.05. The summed E-state index contributed by atoms with van der Waals surface area (Å²) in [5.74, 6) is -2.27. The average molecular weight is 253 g/mol. The number of imidazole rings is 1. The summed E-state index contributed by atoms with van der Waals surface area (Å²) in [6, 6.07) is 7.81. The van der Waals surface area contributed by atoms with Crippen LogP contribution < -0.4 is 0 Å². The van der Waals surface area contributed by atoms with Gasteiger partial charge in [-0.2, -0.15) is 18.4 Å². The molecular weight excluding hydrogens is 247 g/mol. The lowest BCUT2D eigenvalue weighted by atomic mass is 10.2. The van der Waals surface area contributed by atoms with E-state index in [1.54, 1.807) is 24.3 Å². The van der Waals surface area contributed by atoms with Gasteiger partial charge < -0.3 is 10.1 Å².